The summed E-state index contributed by atoms with van der Waals surface area (Å²) < 4.78 is 65.8. The molecule has 440 valence electrons. The van der Waals surface area contributed by atoms with Gasteiger partial charge in [0.05, 0.1) is 26.4 Å². The van der Waals surface area contributed by atoms with E-state index in [2.05, 4.69) is 170 Å². The van der Waals surface area contributed by atoms with E-state index in [4.69, 9.17) is 47.8 Å². The monoisotopic (exact) mass is 1230 g/mol. The van der Waals surface area contributed by atoms with Gasteiger partial charge in [0.2, 0.25) is 0 Å². The topological polar surface area (TPSA) is 170 Å². The van der Waals surface area contributed by atoms with Gasteiger partial charge in [0, 0.05) is 22.3 Å². The molecule has 1 atom stereocenters. The Kier molecular flexibility index (Phi) is 34.8. The molecule has 0 aliphatic heterocycles. The van der Waals surface area contributed by atoms with Crippen molar-refractivity contribution < 1.29 is 66.9 Å². The van der Waals surface area contributed by atoms with Crippen molar-refractivity contribution in [3.63, 3.8) is 0 Å². The maximum Gasteiger partial charge on any atom is 0.333 e. The van der Waals surface area contributed by atoms with Crippen molar-refractivity contribution >= 4 is 108 Å². The van der Waals surface area contributed by atoms with Gasteiger partial charge in [-0.3, -0.25) is 0 Å². The zero-order valence-electron chi connectivity index (χ0n) is 52.4. The maximum absolute atomic E-state index is 11.5. The third-order valence-electron chi connectivity index (χ3n) is 9.53. The Bertz CT molecular complexity index is 1800. The first-order valence-electron chi connectivity index (χ1n) is 26.5. The lowest BCUT2D eigenvalue weighted by atomic mass is 10.4. The van der Waals surface area contributed by atoms with Crippen LogP contribution in [0.3, 0.4) is 0 Å². The van der Waals surface area contributed by atoms with Crippen LogP contribution in [0.15, 0.2) is 48.6 Å². The van der Waals surface area contributed by atoms with Crippen LogP contribution in [0.4, 0.5) is 0 Å². The molecule has 0 aromatic heterocycles. The zero-order valence-corrected chi connectivity index (χ0v) is 62.4. The first kappa shape index (κ1) is 78.0. The summed E-state index contributed by atoms with van der Waals surface area (Å²) in [4.78, 5) is 45.7. The van der Waals surface area contributed by atoms with Gasteiger partial charge in [-0.15, -0.1) is 0 Å². The lowest BCUT2D eigenvalue weighted by Crippen LogP contribution is -2.56. The van der Waals surface area contributed by atoms with Gasteiger partial charge >= 0.3 is 58.1 Å². The van der Waals surface area contributed by atoms with E-state index in [-0.39, 0.29) is 23.9 Å². The second kappa shape index (κ2) is 33.5. The van der Waals surface area contributed by atoms with E-state index >= 15 is 0 Å². The maximum atomic E-state index is 11.5. The molecule has 0 rings (SSSR count). The molecule has 0 bridgehead atoms. The summed E-state index contributed by atoms with van der Waals surface area (Å²) in [5, 5.41) is 0. The lowest BCUT2D eigenvalue weighted by molar-refractivity contribution is -0.139. The fourth-order valence-corrected chi connectivity index (χ4v) is 53.1. The van der Waals surface area contributed by atoms with E-state index in [0.29, 0.717) is 48.7 Å². The molecule has 0 fully saturated rings. The largest absolute Gasteiger partial charge is 0.462 e. The molecule has 0 amide bonds. The van der Waals surface area contributed by atoms with Gasteiger partial charge in [-0.2, -0.15) is 0 Å². The molecule has 0 spiro atoms. The first-order chi connectivity index (χ1) is 33.3. The van der Waals surface area contributed by atoms with Crippen LogP contribution in [0.1, 0.15) is 53.4 Å². The summed E-state index contributed by atoms with van der Waals surface area (Å²) in [5.41, 5.74) is 1.70. The number of hydrogen-bond donors (Lipinski definition) is 0. The minimum atomic E-state index is -2.41. The molecule has 0 aromatic rings. The third-order valence-corrected chi connectivity index (χ3v) is 44.7. The van der Waals surface area contributed by atoms with Crippen molar-refractivity contribution in [2.75, 3.05) is 26.4 Å². The number of hydrogen-bond acceptors (Lipinski definition) is 15. The van der Waals surface area contributed by atoms with Crippen molar-refractivity contribution in [2.24, 2.45) is 0 Å². The smallest absolute Gasteiger partial charge is 0.333 e. The van der Waals surface area contributed by atoms with Crippen LogP contribution in [0.2, 0.25) is 168 Å². The van der Waals surface area contributed by atoms with Crippen LogP contribution in [0.5, 0.6) is 0 Å². The van der Waals surface area contributed by atoms with E-state index in [1.165, 1.54) is 0 Å². The molecule has 0 aromatic carbocycles. The molecule has 0 saturated carbocycles. The highest BCUT2D eigenvalue weighted by atomic mass is 28.5. The molecule has 0 saturated heterocycles. The Morgan fingerprint density at radius 2 is 0.493 bits per heavy atom. The van der Waals surface area contributed by atoms with Crippen molar-refractivity contribution in [3.8, 4) is 0 Å². The van der Waals surface area contributed by atoms with Crippen molar-refractivity contribution in [2.45, 2.75) is 222 Å². The highest BCUT2D eigenvalue weighted by Gasteiger charge is 2.45. The summed E-state index contributed by atoms with van der Waals surface area (Å²) in [6.07, 6.45) is 3.11. The summed E-state index contributed by atoms with van der Waals surface area (Å²) in [6.45, 7) is 70.0. The second-order valence-electron chi connectivity index (χ2n) is 25.7. The lowest BCUT2D eigenvalue weighted by Gasteiger charge is -2.41. The van der Waals surface area contributed by atoms with Gasteiger partial charge in [0.1, 0.15) is 0 Å². The highest BCUT2D eigenvalue weighted by Crippen LogP contribution is 2.29. The van der Waals surface area contributed by atoms with E-state index in [9.17, 15) is 19.2 Å². The second-order valence-corrected chi connectivity index (χ2v) is 67.4. The summed E-state index contributed by atoms with van der Waals surface area (Å²) in [5.74, 6) is -1.34. The number of ether oxygens (including phenoxy) is 4. The molecule has 0 N–H and O–H groups in total. The number of carbonyl (C=O) groups excluding carboxylic acids is 4. The molecular weight excluding hydrogens is 1120 g/mol. The predicted octanol–water partition coefficient (Wildman–Crippen LogP) is 14.4. The molecule has 15 nitrogen and oxygen atoms in total. The van der Waals surface area contributed by atoms with Gasteiger partial charge in [-0.1, -0.05) is 26.3 Å². The quantitative estimate of drug-likeness (QED) is 0.0196. The van der Waals surface area contributed by atoms with Gasteiger partial charge in [-0.25, -0.2) is 19.2 Å². The van der Waals surface area contributed by atoms with Gasteiger partial charge in [0.25, 0.3) is 0 Å². The van der Waals surface area contributed by atoms with Gasteiger partial charge in [-0.05, 0) is 222 Å². The van der Waals surface area contributed by atoms with Gasteiger partial charge < -0.3 is 47.8 Å². The number of esters is 4. The van der Waals surface area contributed by atoms with Crippen LogP contribution in [0.25, 0.3) is 0 Å². The van der Waals surface area contributed by atoms with Crippen LogP contribution < -0.4 is 0 Å². The molecule has 1 unspecified atom stereocenters. The molecule has 75 heavy (non-hydrogen) atoms. The van der Waals surface area contributed by atoms with Crippen molar-refractivity contribution in [1.29, 1.82) is 0 Å². The Labute approximate surface area is 468 Å². The van der Waals surface area contributed by atoms with Crippen molar-refractivity contribution in [1.82, 2.24) is 0 Å². The third kappa shape index (κ3) is 46.2. The van der Waals surface area contributed by atoms with E-state index in [1.54, 1.807) is 27.7 Å². The molecule has 0 radical (unpaired) electrons. The average Bonchev–Trinajstić information content (AvgIpc) is 3.14. The summed E-state index contributed by atoms with van der Waals surface area (Å²) in [7, 11) is -19.7. The average molecular weight is 1230 g/mol. The minimum absolute atomic E-state index is 0.313. The first-order valence-corrected chi connectivity index (χ1v) is 57.0. The summed E-state index contributed by atoms with van der Waals surface area (Å²) in [6, 6.07) is 3.54. The molecule has 0 heterocycles. The summed E-state index contributed by atoms with van der Waals surface area (Å²) >= 11 is 0. The fourth-order valence-electron chi connectivity index (χ4n) is 8.02. The Hall–Kier alpha value is -1.27. The SMILES string of the molecule is C=C(C)C(=O)OCCC[Si](C)(C)O[Si](C)(C)O[Si](C)(C)C.C=C(C)C(=O)OCCC[Si](C)(C)O[Si](C)(C)O[Si](C)(C)CCCOC(=O)C(=C)C.C=C(C)C(=O)OCCC[Si](C)(O[Si](C)(C)C)O[Si](C)(C)O[Si](C)(C)C. The molecular formula is C50H110O15Si10. The van der Waals surface area contributed by atoms with E-state index in [0.717, 1.165) is 49.9 Å². The number of rotatable bonds is 34. The molecule has 0 aliphatic carbocycles. The van der Waals surface area contributed by atoms with Crippen LogP contribution >= 0.6 is 0 Å². The van der Waals surface area contributed by atoms with E-state index < -0.39 is 84.1 Å². The fraction of sp³-hybridized carbons (Fsp3) is 0.760. The standard InChI is InChI=1S/C20H40O6Si3.C16H38O5Si4.C14H32O4Si3/c1-17(2)19(21)23-13-11-15-27(5,6)25-29(9,10)26-28(7,8)16-12-14-24-20(22)18(3)4;1-15(2)16(17)18-13-12-14-25(11,20-23(6,7)8)21-24(9,10)19-22(3,4)5;1-13(2)14(15)16-11-10-12-20(6,7)18-21(8,9)17-19(3,4)5/h1,3,11-16H2,2,4-10H3;1,12-14H2,2-11H3;1,10-12H2,2-9H3. The Balaban J connectivity index is -0.00000105. The van der Waals surface area contributed by atoms with Crippen LogP contribution in [-0.2, 0) is 66.9 Å². The minimum Gasteiger partial charge on any atom is -0.462 e. The number of carbonyl (C=O) groups is 4. The molecule has 25 heteroatoms. The van der Waals surface area contributed by atoms with E-state index in [1.807, 2.05) is 0 Å². The van der Waals surface area contributed by atoms with Crippen LogP contribution in [-0.4, -0.2) is 134 Å². The molecule has 0 aliphatic rings. The normalized spacial score (nSPS) is 13.7. The van der Waals surface area contributed by atoms with Crippen LogP contribution in [0, 0.1) is 0 Å². The zero-order chi connectivity index (χ0) is 59.9. The van der Waals surface area contributed by atoms with Gasteiger partial charge in [0.15, 0.2) is 49.9 Å². The van der Waals surface area contributed by atoms with Crippen molar-refractivity contribution in [3.05, 3.63) is 48.6 Å². The Morgan fingerprint density at radius 1 is 0.293 bits per heavy atom. The highest BCUT2D eigenvalue weighted by molar-refractivity contribution is 6.90. The predicted molar refractivity (Wildman–Crippen MR) is 335 cm³/mol. The Morgan fingerprint density at radius 3 is 0.707 bits per heavy atom.